The van der Waals surface area contributed by atoms with Crippen molar-refractivity contribution in [2.45, 2.75) is 33.0 Å². The summed E-state index contributed by atoms with van der Waals surface area (Å²) < 4.78 is 3.63. The molecule has 0 aliphatic carbocycles. The minimum Gasteiger partial charge on any atom is -0.357 e. The molecule has 0 fully saturated rings. The van der Waals surface area contributed by atoms with Crippen molar-refractivity contribution < 1.29 is 0 Å². The molecule has 2 N–H and O–H groups in total. The second-order valence-corrected chi connectivity index (χ2v) is 6.73. The lowest BCUT2D eigenvalue weighted by atomic mass is 10.1. The molecule has 0 aliphatic heterocycles. The summed E-state index contributed by atoms with van der Waals surface area (Å²) in [5.41, 5.74) is 2.23. The molecule has 2 heterocycles. The van der Waals surface area contributed by atoms with E-state index in [1.807, 2.05) is 23.0 Å². The Labute approximate surface area is 194 Å². The predicted molar refractivity (Wildman–Crippen MR) is 131 cm³/mol. The molecule has 1 aromatic carbocycles. The van der Waals surface area contributed by atoms with Crippen LogP contribution >= 0.6 is 24.0 Å². The van der Waals surface area contributed by atoms with Gasteiger partial charge in [0, 0.05) is 44.3 Å². The van der Waals surface area contributed by atoms with Crippen molar-refractivity contribution >= 4 is 29.9 Å². The molecule has 0 radical (unpaired) electrons. The van der Waals surface area contributed by atoms with Gasteiger partial charge in [-0.2, -0.15) is 5.10 Å². The standard InChI is InChI=1S/C22H28N6O.HI/c1-2-23-22(24-12-5-15-28-16-6-13-26-28)25-17-19-8-10-20(11-9-19)18-27-14-4-3-7-21(27)29;/h3-4,6-11,13-14,16H,2,5,12,15,17-18H2,1H3,(H2,23,24,25);1H. The Hall–Kier alpha value is -2.62. The largest absolute Gasteiger partial charge is 0.357 e. The molecule has 0 spiro atoms. The number of benzene rings is 1. The summed E-state index contributed by atoms with van der Waals surface area (Å²) >= 11 is 0. The third kappa shape index (κ3) is 7.66. The van der Waals surface area contributed by atoms with Gasteiger partial charge >= 0.3 is 0 Å². The van der Waals surface area contributed by atoms with Crippen LogP contribution in [0, 0.1) is 0 Å². The third-order valence-corrected chi connectivity index (χ3v) is 4.45. The second-order valence-electron chi connectivity index (χ2n) is 6.73. The minimum absolute atomic E-state index is 0. The maximum Gasteiger partial charge on any atom is 0.250 e. The van der Waals surface area contributed by atoms with Gasteiger partial charge in [-0.15, -0.1) is 24.0 Å². The van der Waals surface area contributed by atoms with Gasteiger partial charge in [-0.1, -0.05) is 30.3 Å². The SMILES string of the molecule is CCNC(=NCc1ccc(Cn2ccccc2=O)cc1)NCCCn1cccn1.I. The van der Waals surface area contributed by atoms with E-state index in [4.69, 9.17) is 0 Å². The molecular weight excluding hydrogens is 491 g/mol. The van der Waals surface area contributed by atoms with Crippen LogP contribution in [-0.4, -0.2) is 33.4 Å². The zero-order valence-electron chi connectivity index (χ0n) is 17.2. The van der Waals surface area contributed by atoms with Gasteiger partial charge in [0.15, 0.2) is 5.96 Å². The molecule has 160 valence electrons. The zero-order chi connectivity index (χ0) is 20.3. The van der Waals surface area contributed by atoms with Crippen LogP contribution < -0.4 is 16.2 Å². The van der Waals surface area contributed by atoms with Crippen LogP contribution in [0.4, 0.5) is 0 Å². The number of aryl methyl sites for hydroxylation is 1. The van der Waals surface area contributed by atoms with E-state index in [2.05, 4.69) is 51.9 Å². The van der Waals surface area contributed by atoms with Crippen molar-refractivity contribution in [3.8, 4) is 0 Å². The van der Waals surface area contributed by atoms with Crippen molar-refractivity contribution in [3.63, 3.8) is 0 Å². The number of nitrogens with zero attached hydrogens (tertiary/aromatic N) is 4. The average Bonchev–Trinajstić information content (AvgIpc) is 3.25. The first-order chi connectivity index (χ1) is 14.2. The molecule has 0 amide bonds. The van der Waals surface area contributed by atoms with E-state index >= 15 is 0 Å². The van der Waals surface area contributed by atoms with E-state index in [9.17, 15) is 4.79 Å². The fourth-order valence-electron chi connectivity index (χ4n) is 2.93. The number of aliphatic imine (C=N–C) groups is 1. The monoisotopic (exact) mass is 520 g/mol. The minimum atomic E-state index is 0. The molecule has 0 atom stereocenters. The number of rotatable bonds is 9. The summed E-state index contributed by atoms with van der Waals surface area (Å²) in [6, 6.07) is 15.4. The van der Waals surface area contributed by atoms with Crippen LogP contribution in [0.1, 0.15) is 24.5 Å². The fraction of sp³-hybridized carbons (Fsp3) is 0.318. The molecule has 3 rings (SSSR count). The lowest BCUT2D eigenvalue weighted by molar-refractivity contribution is 0.570. The fourth-order valence-corrected chi connectivity index (χ4v) is 2.93. The molecule has 7 nitrogen and oxygen atoms in total. The van der Waals surface area contributed by atoms with Gasteiger partial charge in [-0.05, 0) is 36.6 Å². The first kappa shape index (κ1) is 23.7. The highest BCUT2D eigenvalue weighted by Crippen LogP contribution is 2.07. The van der Waals surface area contributed by atoms with Crippen LogP contribution in [0.15, 0.2) is 76.9 Å². The van der Waals surface area contributed by atoms with Gasteiger partial charge in [-0.25, -0.2) is 4.99 Å². The van der Waals surface area contributed by atoms with Crippen molar-refractivity contribution in [3.05, 3.63) is 88.6 Å². The molecular formula is C22H29IN6O. The molecule has 0 aliphatic rings. The summed E-state index contributed by atoms with van der Waals surface area (Å²) in [4.78, 5) is 16.5. The lowest BCUT2D eigenvalue weighted by Crippen LogP contribution is -2.38. The van der Waals surface area contributed by atoms with Gasteiger partial charge in [0.25, 0.3) is 5.56 Å². The van der Waals surface area contributed by atoms with Crippen molar-refractivity contribution in [1.82, 2.24) is 25.0 Å². The van der Waals surface area contributed by atoms with Gasteiger partial charge in [0.05, 0.1) is 13.1 Å². The smallest absolute Gasteiger partial charge is 0.250 e. The molecule has 30 heavy (non-hydrogen) atoms. The Kier molecular flexibility index (Phi) is 10.1. The van der Waals surface area contributed by atoms with E-state index in [1.54, 1.807) is 29.1 Å². The van der Waals surface area contributed by atoms with E-state index < -0.39 is 0 Å². The molecule has 8 heteroatoms. The van der Waals surface area contributed by atoms with Crippen molar-refractivity contribution in [1.29, 1.82) is 0 Å². The molecule has 2 aromatic heterocycles. The summed E-state index contributed by atoms with van der Waals surface area (Å²) in [6.07, 6.45) is 6.54. The average molecular weight is 520 g/mol. The van der Waals surface area contributed by atoms with Crippen LogP contribution in [0.25, 0.3) is 0 Å². The van der Waals surface area contributed by atoms with E-state index in [0.717, 1.165) is 43.1 Å². The van der Waals surface area contributed by atoms with Crippen LogP contribution in [0.3, 0.4) is 0 Å². The quantitative estimate of drug-likeness (QED) is 0.197. The lowest BCUT2D eigenvalue weighted by Gasteiger charge is -2.11. The van der Waals surface area contributed by atoms with Gasteiger partial charge in [-0.3, -0.25) is 9.48 Å². The number of nitrogens with one attached hydrogen (secondary N) is 2. The zero-order valence-corrected chi connectivity index (χ0v) is 19.5. The molecule has 0 saturated heterocycles. The maximum absolute atomic E-state index is 11.8. The van der Waals surface area contributed by atoms with Gasteiger partial charge in [0.1, 0.15) is 0 Å². The van der Waals surface area contributed by atoms with E-state index in [0.29, 0.717) is 13.1 Å². The van der Waals surface area contributed by atoms with Crippen molar-refractivity contribution in [2.24, 2.45) is 4.99 Å². The Morgan fingerprint density at radius 2 is 1.83 bits per heavy atom. The Morgan fingerprint density at radius 3 is 2.53 bits per heavy atom. The molecule has 3 aromatic rings. The van der Waals surface area contributed by atoms with Gasteiger partial charge < -0.3 is 15.2 Å². The molecule has 0 saturated carbocycles. The maximum atomic E-state index is 11.8. The number of hydrogen-bond acceptors (Lipinski definition) is 3. The number of halogens is 1. The predicted octanol–water partition coefficient (Wildman–Crippen LogP) is 2.86. The number of aromatic nitrogens is 3. The topological polar surface area (TPSA) is 76.2 Å². The van der Waals surface area contributed by atoms with Crippen LogP contribution in [0.2, 0.25) is 0 Å². The third-order valence-electron chi connectivity index (χ3n) is 4.45. The number of hydrogen-bond donors (Lipinski definition) is 2. The number of guanidine groups is 1. The van der Waals surface area contributed by atoms with Crippen LogP contribution in [-0.2, 0) is 19.6 Å². The van der Waals surface area contributed by atoms with Crippen LogP contribution in [0.5, 0.6) is 0 Å². The first-order valence-corrected chi connectivity index (χ1v) is 9.97. The second kappa shape index (κ2) is 12.8. The number of pyridine rings is 1. The highest BCUT2D eigenvalue weighted by Gasteiger charge is 2.00. The van der Waals surface area contributed by atoms with Crippen molar-refractivity contribution in [2.75, 3.05) is 13.1 Å². The summed E-state index contributed by atoms with van der Waals surface area (Å²) in [6.45, 7) is 5.75. The highest BCUT2D eigenvalue weighted by atomic mass is 127. The summed E-state index contributed by atoms with van der Waals surface area (Å²) in [7, 11) is 0. The molecule has 0 unspecified atom stereocenters. The summed E-state index contributed by atoms with van der Waals surface area (Å²) in [5, 5.41) is 10.8. The van der Waals surface area contributed by atoms with E-state index in [1.165, 1.54) is 0 Å². The molecule has 0 bridgehead atoms. The van der Waals surface area contributed by atoms with E-state index in [-0.39, 0.29) is 29.5 Å². The summed E-state index contributed by atoms with van der Waals surface area (Å²) in [5.74, 6) is 0.813. The normalized spacial score (nSPS) is 11.0. The Morgan fingerprint density at radius 1 is 1.03 bits per heavy atom. The highest BCUT2D eigenvalue weighted by molar-refractivity contribution is 14.0. The van der Waals surface area contributed by atoms with Gasteiger partial charge in [0.2, 0.25) is 0 Å². The Balaban J connectivity index is 0.00000320. The Bertz CT molecular complexity index is 950. The first-order valence-electron chi connectivity index (χ1n) is 9.97.